The van der Waals surface area contributed by atoms with Gasteiger partial charge in [-0.1, -0.05) is 48.5 Å². The van der Waals surface area contributed by atoms with Crippen LogP contribution in [0.5, 0.6) is 0 Å². The minimum atomic E-state index is -0.0479. The number of para-hydroxylation sites is 1. The topological polar surface area (TPSA) is 62.6 Å². The van der Waals surface area contributed by atoms with Crippen molar-refractivity contribution in [3.63, 3.8) is 0 Å². The lowest BCUT2D eigenvalue weighted by Gasteiger charge is -2.39. The van der Waals surface area contributed by atoms with Crippen molar-refractivity contribution >= 4 is 22.6 Å². The molecule has 1 N–H and O–H groups in total. The van der Waals surface area contributed by atoms with Crippen molar-refractivity contribution in [1.82, 2.24) is 4.90 Å². The van der Waals surface area contributed by atoms with Gasteiger partial charge in [0, 0.05) is 48.8 Å². The van der Waals surface area contributed by atoms with Crippen LogP contribution in [-0.4, -0.2) is 23.9 Å². The zero-order valence-electron chi connectivity index (χ0n) is 19.7. The molecule has 1 aliphatic rings. The number of amides is 1. The molecule has 0 aliphatic carbocycles. The van der Waals surface area contributed by atoms with Crippen LogP contribution in [-0.2, 0) is 4.79 Å². The first kappa shape index (κ1) is 22.0. The van der Waals surface area contributed by atoms with E-state index < -0.39 is 0 Å². The quantitative estimate of drug-likeness (QED) is 0.410. The highest BCUT2D eigenvalue weighted by atomic mass is 16.3. The number of hydrogen-bond donors (Lipinski definition) is 1. The minimum absolute atomic E-state index is 0.0478. The summed E-state index contributed by atoms with van der Waals surface area (Å²) in [6, 6.07) is 23.6. The molecule has 1 unspecified atom stereocenters. The second kappa shape index (κ2) is 8.82. The van der Waals surface area contributed by atoms with Crippen LogP contribution in [0.25, 0.3) is 22.3 Å². The molecule has 0 saturated carbocycles. The van der Waals surface area contributed by atoms with Gasteiger partial charge in [-0.3, -0.25) is 9.59 Å². The molecular formula is C29H28N2O3. The van der Waals surface area contributed by atoms with Crippen LogP contribution in [0.1, 0.15) is 42.5 Å². The van der Waals surface area contributed by atoms with Gasteiger partial charge < -0.3 is 14.6 Å². The lowest BCUT2D eigenvalue weighted by molar-refractivity contribution is -0.133. The Labute approximate surface area is 199 Å². The van der Waals surface area contributed by atoms with E-state index in [1.807, 2.05) is 60.4 Å². The van der Waals surface area contributed by atoms with E-state index in [1.165, 1.54) is 5.56 Å². The summed E-state index contributed by atoms with van der Waals surface area (Å²) in [6.45, 7) is 7.19. The van der Waals surface area contributed by atoms with Crippen LogP contribution in [0.3, 0.4) is 0 Å². The number of carbonyl (C=O) groups excluding carboxylic acids is 1. The van der Waals surface area contributed by atoms with Gasteiger partial charge in [0.05, 0.1) is 11.4 Å². The summed E-state index contributed by atoms with van der Waals surface area (Å²) in [6.07, 6.45) is 0. The van der Waals surface area contributed by atoms with Gasteiger partial charge in [0.25, 0.3) is 0 Å². The molecule has 0 radical (unpaired) electrons. The molecule has 1 saturated heterocycles. The van der Waals surface area contributed by atoms with Crippen molar-refractivity contribution < 1.29 is 9.21 Å². The summed E-state index contributed by atoms with van der Waals surface area (Å²) < 4.78 is 6.37. The summed E-state index contributed by atoms with van der Waals surface area (Å²) in [5.41, 5.74) is 5.61. The number of fused-ring (bicyclic) bond motifs is 1. The molecule has 3 aromatic carbocycles. The molecule has 1 aliphatic heterocycles. The lowest BCUT2D eigenvalue weighted by atomic mass is 9.90. The number of anilines is 1. The Morgan fingerprint density at radius 3 is 2.41 bits per heavy atom. The zero-order chi connectivity index (χ0) is 23.8. The Morgan fingerprint density at radius 1 is 1.03 bits per heavy atom. The third-order valence-electron chi connectivity index (χ3n) is 6.62. The van der Waals surface area contributed by atoms with E-state index in [-0.39, 0.29) is 17.4 Å². The molecule has 34 heavy (non-hydrogen) atoms. The van der Waals surface area contributed by atoms with Gasteiger partial charge in [0.2, 0.25) is 5.91 Å². The Balaban J connectivity index is 1.48. The highest BCUT2D eigenvalue weighted by molar-refractivity contribution is 5.83. The van der Waals surface area contributed by atoms with Crippen LogP contribution in [0, 0.1) is 6.92 Å². The largest absolute Gasteiger partial charge is 0.455 e. The molecule has 1 fully saturated rings. The second-order valence-electron chi connectivity index (χ2n) is 9.18. The van der Waals surface area contributed by atoms with Gasteiger partial charge >= 0.3 is 0 Å². The molecule has 5 rings (SSSR count). The number of nitrogens with one attached hydrogen (secondary N) is 1. The van der Waals surface area contributed by atoms with Crippen LogP contribution < -0.4 is 10.7 Å². The van der Waals surface area contributed by atoms with Crippen molar-refractivity contribution in [2.24, 2.45) is 0 Å². The zero-order valence-corrected chi connectivity index (χ0v) is 19.7. The molecule has 0 bridgehead atoms. The molecule has 4 aromatic rings. The molecule has 1 amide bonds. The fraction of sp³-hybridized carbons (Fsp3) is 0.241. The van der Waals surface area contributed by atoms with E-state index in [1.54, 1.807) is 13.0 Å². The molecule has 5 nitrogen and oxygen atoms in total. The Bertz CT molecular complexity index is 1400. The third kappa shape index (κ3) is 4.21. The first-order valence-electron chi connectivity index (χ1n) is 11.6. The summed E-state index contributed by atoms with van der Waals surface area (Å²) in [7, 11) is 0. The normalized spacial score (nSPS) is 14.6. The summed E-state index contributed by atoms with van der Waals surface area (Å²) in [4.78, 5) is 26.4. The monoisotopic (exact) mass is 452 g/mol. The Morgan fingerprint density at radius 2 is 1.74 bits per heavy atom. The summed E-state index contributed by atoms with van der Waals surface area (Å²) in [5.74, 6) is 1.04. The minimum Gasteiger partial charge on any atom is -0.455 e. The Hall–Kier alpha value is -3.86. The van der Waals surface area contributed by atoms with E-state index in [0.29, 0.717) is 22.6 Å². The maximum Gasteiger partial charge on any atom is 0.219 e. The fourth-order valence-electron chi connectivity index (χ4n) is 4.63. The van der Waals surface area contributed by atoms with Crippen molar-refractivity contribution in [3.8, 4) is 11.3 Å². The van der Waals surface area contributed by atoms with E-state index in [9.17, 15) is 9.59 Å². The highest BCUT2D eigenvalue weighted by Crippen LogP contribution is 2.32. The third-order valence-corrected chi connectivity index (χ3v) is 6.62. The van der Waals surface area contributed by atoms with Gasteiger partial charge in [-0.2, -0.15) is 0 Å². The summed E-state index contributed by atoms with van der Waals surface area (Å²) >= 11 is 0. The Kier molecular flexibility index (Phi) is 5.70. The van der Waals surface area contributed by atoms with Crippen molar-refractivity contribution in [1.29, 1.82) is 0 Å². The number of rotatable bonds is 5. The lowest BCUT2D eigenvalue weighted by Crippen LogP contribution is -2.47. The molecule has 0 spiro atoms. The average molecular weight is 453 g/mol. The van der Waals surface area contributed by atoms with E-state index in [2.05, 4.69) is 30.4 Å². The maximum absolute atomic E-state index is 13.1. The smallest absolute Gasteiger partial charge is 0.219 e. The van der Waals surface area contributed by atoms with Crippen LogP contribution in [0.4, 0.5) is 5.69 Å². The van der Waals surface area contributed by atoms with Gasteiger partial charge in [-0.05, 0) is 43.2 Å². The SMILES string of the molecule is CC(=O)N1CC(c2ccc(-c3cc(=O)c4cc(C)cc(C(C)Nc5ccccc5)c4o3)cc2)C1. The first-order valence-corrected chi connectivity index (χ1v) is 11.6. The second-order valence-corrected chi connectivity index (χ2v) is 9.18. The van der Waals surface area contributed by atoms with E-state index in [4.69, 9.17) is 4.42 Å². The van der Waals surface area contributed by atoms with Gasteiger partial charge in [0.15, 0.2) is 5.43 Å². The highest BCUT2D eigenvalue weighted by Gasteiger charge is 2.29. The van der Waals surface area contributed by atoms with Crippen LogP contribution in [0.15, 0.2) is 82.0 Å². The number of aryl methyl sites for hydroxylation is 1. The predicted octanol–water partition coefficient (Wildman–Crippen LogP) is 5.89. The van der Waals surface area contributed by atoms with Crippen molar-refractivity contribution in [3.05, 3.63) is 99.7 Å². The average Bonchev–Trinajstić information content (AvgIpc) is 2.79. The number of benzene rings is 3. The number of carbonyl (C=O) groups is 1. The molecule has 5 heteroatoms. The first-order chi connectivity index (χ1) is 16.4. The molecule has 1 atom stereocenters. The standard InChI is InChI=1S/C29H28N2O3/c1-18-13-25(19(2)30-24-7-5-4-6-8-24)29-26(14-18)27(33)15-28(34-29)22-11-9-21(10-12-22)23-16-31(17-23)20(3)32/h4-15,19,23,30H,16-17H2,1-3H3. The van der Waals surface area contributed by atoms with Gasteiger partial charge in [0.1, 0.15) is 11.3 Å². The fourth-order valence-corrected chi connectivity index (χ4v) is 4.63. The van der Waals surface area contributed by atoms with Gasteiger partial charge in [-0.25, -0.2) is 0 Å². The van der Waals surface area contributed by atoms with Gasteiger partial charge in [-0.15, -0.1) is 0 Å². The van der Waals surface area contributed by atoms with E-state index in [0.717, 1.165) is 35.5 Å². The number of likely N-dealkylation sites (tertiary alicyclic amines) is 1. The van der Waals surface area contributed by atoms with Crippen molar-refractivity contribution in [2.75, 3.05) is 18.4 Å². The maximum atomic E-state index is 13.1. The summed E-state index contributed by atoms with van der Waals surface area (Å²) in [5, 5.41) is 4.10. The number of hydrogen-bond acceptors (Lipinski definition) is 4. The molecule has 2 heterocycles. The van der Waals surface area contributed by atoms with E-state index >= 15 is 0 Å². The molecule has 1 aromatic heterocycles. The van der Waals surface area contributed by atoms with Crippen LogP contribution in [0.2, 0.25) is 0 Å². The van der Waals surface area contributed by atoms with Crippen LogP contribution >= 0.6 is 0 Å². The number of nitrogens with zero attached hydrogens (tertiary/aromatic N) is 1. The molecule has 172 valence electrons. The molecular weight excluding hydrogens is 424 g/mol. The van der Waals surface area contributed by atoms with Crippen molar-refractivity contribution in [2.45, 2.75) is 32.7 Å². The predicted molar refractivity (Wildman–Crippen MR) is 136 cm³/mol.